The number of anilines is 3. The third kappa shape index (κ3) is 6.08. The van der Waals surface area contributed by atoms with Crippen LogP contribution in [0.3, 0.4) is 0 Å². The molecule has 0 atom stereocenters. The highest BCUT2D eigenvalue weighted by molar-refractivity contribution is 6.12. The minimum Gasteiger partial charge on any atom is -0.311 e. The zero-order valence-corrected chi connectivity index (χ0v) is 37.6. The third-order valence-electron chi connectivity index (χ3n) is 14.5. The number of allylic oxidation sites excluding steroid dienone is 1. The Labute approximate surface area is 382 Å². The summed E-state index contributed by atoms with van der Waals surface area (Å²) in [5.74, 6) is 0. The van der Waals surface area contributed by atoms with Gasteiger partial charge in [0, 0.05) is 44.4 Å². The van der Waals surface area contributed by atoms with Gasteiger partial charge in [-0.3, -0.25) is 0 Å². The first-order valence-corrected chi connectivity index (χ1v) is 23.0. The van der Waals surface area contributed by atoms with E-state index in [-0.39, 0.29) is 10.8 Å². The number of rotatable bonds is 7. The van der Waals surface area contributed by atoms with Crippen molar-refractivity contribution in [2.75, 3.05) is 4.90 Å². The van der Waals surface area contributed by atoms with Gasteiger partial charge in [0.2, 0.25) is 0 Å². The van der Waals surface area contributed by atoms with E-state index in [4.69, 9.17) is 0 Å². The van der Waals surface area contributed by atoms with E-state index in [0.29, 0.717) is 0 Å². The molecule has 0 amide bonds. The molecule has 0 aliphatic heterocycles. The van der Waals surface area contributed by atoms with Crippen LogP contribution >= 0.6 is 0 Å². The number of hydrogen-bond donors (Lipinski definition) is 0. The van der Waals surface area contributed by atoms with E-state index in [9.17, 15) is 0 Å². The maximum atomic E-state index is 2.45. The largest absolute Gasteiger partial charge is 0.311 e. The van der Waals surface area contributed by atoms with Gasteiger partial charge < -0.3 is 9.47 Å². The lowest BCUT2D eigenvalue weighted by molar-refractivity contribution is 0.660. The van der Waals surface area contributed by atoms with Crippen LogP contribution in [-0.4, -0.2) is 4.57 Å². The average molecular weight is 835 g/mol. The molecule has 0 bridgehead atoms. The molecule has 2 heteroatoms. The lowest BCUT2D eigenvalue weighted by Crippen LogP contribution is -2.14. The number of hydrogen-bond acceptors (Lipinski definition) is 1. The molecule has 1 aromatic heterocycles. The van der Waals surface area contributed by atoms with E-state index in [2.05, 4.69) is 256 Å². The van der Waals surface area contributed by atoms with Crippen molar-refractivity contribution >= 4 is 44.9 Å². The predicted octanol–water partition coefficient (Wildman–Crippen LogP) is 17.2. The van der Waals surface area contributed by atoms with Crippen LogP contribution in [0, 0.1) is 0 Å². The topological polar surface area (TPSA) is 8.17 Å². The van der Waals surface area contributed by atoms with Gasteiger partial charge in [0.25, 0.3) is 0 Å². The van der Waals surface area contributed by atoms with Crippen LogP contribution in [0.2, 0.25) is 0 Å². The molecule has 0 fully saturated rings. The van der Waals surface area contributed by atoms with E-state index >= 15 is 0 Å². The molecule has 2 aliphatic carbocycles. The Kier molecular flexibility index (Phi) is 8.80. The zero-order chi connectivity index (χ0) is 44.0. The standard InChI is InChI=1S/C63H50N2/c1-6-14-41-21-27-47(28-22-41)64(46-15-8-7-9-16-46)48-29-31-49(32-30-48)65-60-35-25-42(44-23-33-52-50-17-10-12-19-56(50)62(2,3)58(52)39-44)37-54(60)55-38-43(26-36-61(55)65)45-24-34-53-51-18-11-13-20-57(51)63(4,5)59(53)40-45/h6-40H,1-5H3/b14-6+. The minimum atomic E-state index is -0.0686. The van der Waals surface area contributed by atoms with Crippen molar-refractivity contribution in [3.05, 3.63) is 234 Å². The van der Waals surface area contributed by atoms with Crippen LogP contribution in [0.1, 0.15) is 62.4 Å². The first-order valence-electron chi connectivity index (χ1n) is 23.0. The van der Waals surface area contributed by atoms with Crippen LogP contribution in [0.5, 0.6) is 0 Å². The molecule has 1 heterocycles. The molecule has 0 radical (unpaired) electrons. The summed E-state index contributed by atoms with van der Waals surface area (Å²) in [6.45, 7) is 11.5. The summed E-state index contributed by atoms with van der Waals surface area (Å²) < 4.78 is 2.45. The molecule has 0 saturated carbocycles. The van der Waals surface area contributed by atoms with Gasteiger partial charge in [-0.25, -0.2) is 0 Å². The van der Waals surface area contributed by atoms with E-state index in [1.54, 1.807) is 0 Å². The highest BCUT2D eigenvalue weighted by atomic mass is 15.1. The van der Waals surface area contributed by atoms with E-state index in [1.807, 2.05) is 0 Å². The summed E-state index contributed by atoms with van der Waals surface area (Å²) in [7, 11) is 0. The van der Waals surface area contributed by atoms with E-state index in [0.717, 1.165) is 22.7 Å². The van der Waals surface area contributed by atoms with Gasteiger partial charge in [-0.05, 0) is 164 Å². The maximum absolute atomic E-state index is 2.45. The first kappa shape index (κ1) is 39.0. The van der Waals surface area contributed by atoms with Crippen molar-refractivity contribution in [1.29, 1.82) is 0 Å². The van der Waals surface area contributed by atoms with E-state index < -0.39 is 0 Å². The van der Waals surface area contributed by atoms with E-state index in [1.165, 1.54) is 94.1 Å². The summed E-state index contributed by atoms with van der Waals surface area (Å²) in [5.41, 5.74) is 23.8. The first-order chi connectivity index (χ1) is 31.7. The highest BCUT2D eigenvalue weighted by Gasteiger charge is 2.36. The summed E-state index contributed by atoms with van der Waals surface area (Å²) in [4.78, 5) is 2.33. The number of aromatic nitrogens is 1. The van der Waals surface area contributed by atoms with Gasteiger partial charge in [-0.1, -0.05) is 155 Å². The molecule has 10 aromatic rings. The molecule has 2 nitrogen and oxygen atoms in total. The molecule has 0 saturated heterocycles. The van der Waals surface area contributed by atoms with Crippen LogP contribution in [0.25, 0.3) is 78.1 Å². The van der Waals surface area contributed by atoms with Gasteiger partial charge in [-0.2, -0.15) is 0 Å². The highest BCUT2D eigenvalue weighted by Crippen LogP contribution is 2.51. The normalized spacial score (nSPS) is 14.1. The van der Waals surface area contributed by atoms with Crippen molar-refractivity contribution in [3.63, 3.8) is 0 Å². The summed E-state index contributed by atoms with van der Waals surface area (Å²) in [5, 5.41) is 2.49. The molecule has 0 spiro atoms. The van der Waals surface area contributed by atoms with Gasteiger partial charge in [0.15, 0.2) is 0 Å². The number of fused-ring (bicyclic) bond motifs is 9. The molecular formula is C63H50N2. The van der Waals surface area contributed by atoms with Gasteiger partial charge in [-0.15, -0.1) is 0 Å². The van der Waals surface area contributed by atoms with Crippen molar-refractivity contribution in [1.82, 2.24) is 4.57 Å². The third-order valence-corrected chi connectivity index (χ3v) is 14.5. The van der Waals surface area contributed by atoms with Crippen molar-refractivity contribution in [2.45, 2.75) is 45.4 Å². The fourth-order valence-electron chi connectivity index (χ4n) is 11.1. The molecule has 65 heavy (non-hydrogen) atoms. The quantitative estimate of drug-likeness (QED) is 0.155. The molecule has 12 rings (SSSR count). The van der Waals surface area contributed by atoms with Crippen molar-refractivity contribution in [3.8, 4) is 50.2 Å². The number of benzene rings is 9. The molecule has 9 aromatic carbocycles. The Morgan fingerprint density at radius 3 is 1.31 bits per heavy atom. The Bertz CT molecular complexity index is 3360. The summed E-state index contributed by atoms with van der Waals surface area (Å²) in [6.07, 6.45) is 4.22. The second-order valence-corrected chi connectivity index (χ2v) is 18.9. The van der Waals surface area contributed by atoms with Crippen molar-refractivity contribution in [2.24, 2.45) is 0 Å². The van der Waals surface area contributed by atoms with Crippen LogP contribution in [0.15, 0.2) is 206 Å². The molecule has 2 aliphatic rings. The Hall–Kier alpha value is -7.68. The van der Waals surface area contributed by atoms with Gasteiger partial charge in [0.05, 0.1) is 11.0 Å². The van der Waals surface area contributed by atoms with Crippen LogP contribution < -0.4 is 4.90 Å². The Balaban J connectivity index is 1.01. The lowest BCUT2D eigenvalue weighted by Gasteiger charge is -2.26. The number of nitrogens with zero attached hydrogens (tertiary/aromatic N) is 2. The predicted molar refractivity (Wildman–Crippen MR) is 276 cm³/mol. The van der Waals surface area contributed by atoms with Gasteiger partial charge >= 0.3 is 0 Å². The molecule has 0 unspecified atom stereocenters. The molecular weight excluding hydrogens is 785 g/mol. The van der Waals surface area contributed by atoms with Crippen molar-refractivity contribution < 1.29 is 0 Å². The summed E-state index contributed by atoms with van der Waals surface area (Å²) >= 11 is 0. The minimum absolute atomic E-state index is 0.0686. The molecule has 312 valence electrons. The zero-order valence-electron chi connectivity index (χ0n) is 37.6. The lowest BCUT2D eigenvalue weighted by atomic mass is 9.81. The Morgan fingerprint density at radius 1 is 0.385 bits per heavy atom. The monoisotopic (exact) mass is 834 g/mol. The maximum Gasteiger partial charge on any atom is 0.0541 e. The van der Waals surface area contributed by atoms with Crippen LogP contribution in [-0.2, 0) is 10.8 Å². The van der Waals surface area contributed by atoms with Gasteiger partial charge in [0.1, 0.15) is 0 Å². The fraction of sp³-hybridized carbons (Fsp3) is 0.111. The second-order valence-electron chi connectivity index (χ2n) is 18.9. The average Bonchev–Trinajstić information content (AvgIpc) is 3.88. The second kappa shape index (κ2) is 14.7. The smallest absolute Gasteiger partial charge is 0.0541 e. The fourth-order valence-corrected chi connectivity index (χ4v) is 11.1. The number of para-hydroxylation sites is 1. The van der Waals surface area contributed by atoms with Crippen LogP contribution in [0.4, 0.5) is 17.1 Å². The molecule has 0 N–H and O–H groups in total. The SMILES string of the molecule is C/C=C/c1ccc(N(c2ccccc2)c2ccc(-n3c4ccc(-c5ccc6c(c5)C(C)(C)c5ccccc5-6)cc4c4cc(-c5ccc6c(c5)C(C)(C)c5ccccc5-6)ccc43)cc2)cc1. The Morgan fingerprint density at radius 2 is 0.800 bits per heavy atom. The summed E-state index contributed by atoms with van der Waals surface area (Å²) in [6, 6.07) is 74.7.